The number of hydrogen-bond acceptors (Lipinski definition) is 7. The minimum absolute atomic E-state index is 0.0541. The van der Waals surface area contributed by atoms with E-state index in [2.05, 4.69) is 33.0 Å². The molecule has 4 rings (SSSR count). The van der Waals surface area contributed by atoms with Gasteiger partial charge in [-0.1, -0.05) is 18.2 Å². The lowest BCUT2D eigenvalue weighted by molar-refractivity contribution is -0.114. The van der Waals surface area contributed by atoms with Crippen molar-refractivity contribution in [3.63, 3.8) is 0 Å². The van der Waals surface area contributed by atoms with E-state index < -0.39 is 22.9 Å². The van der Waals surface area contributed by atoms with Gasteiger partial charge in [0, 0.05) is 6.42 Å². The summed E-state index contributed by atoms with van der Waals surface area (Å²) in [5, 5.41) is 32.7. The normalized spacial score (nSPS) is 15.5. The zero-order valence-electron chi connectivity index (χ0n) is 17.3. The molecule has 2 aromatic carbocycles. The van der Waals surface area contributed by atoms with Crippen molar-refractivity contribution in [2.24, 2.45) is 0 Å². The van der Waals surface area contributed by atoms with Crippen LogP contribution in [0.4, 0.5) is 4.39 Å². The maximum absolute atomic E-state index is 13.2. The van der Waals surface area contributed by atoms with Gasteiger partial charge < -0.3 is 5.32 Å². The molecule has 2 N–H and O–H groups in total. The van der Waals surface area contributed by atoms with Crippen LogP contribution in [-0.4, -0.2) is 38.4 Å². The van der Waals surface area contributed by atoms with Gasteiger partial charge in [-0.05, 0) is 48.7 Å². The Labute approximate surface area is 188 Å². The largest absolute Gasteiger partial charge is 0.326 e. The minimum atomic E-state index is -1.66. The number of halogens is 1. The molecule has 0 bridgehead atoms. The first-order valence-electron chi connectivity index (χ1n) is 10.1. The van der Waals surface area contributed by atoms with E-state index in [-0.39, 0.29) is 12.1 Å². The molecule has 9 nitrogen and oxygen atoms in total. The summed E-state index contributed by atoms with van der Waals surface area (Å²) in [4.78, 5) is 26.5. The maximum atomic E-state index is 13.2. The second kappa shape index (κ2) is 8.61. The third-order valence-electron chi connectivity index (χ3n) is 5.35. The molecule has 0 aliphatic heterocycles. The summed E-state index contributed by atoms with van der Waals surface area (Å²) >= 11 is 0. The number of nitriles is 2. The van der Waals surface area contributed by atoms with E-state index in [0.29, 0.717) is 35.9 Å². The smallest absolute Gasteiger partial charge is 0.275 e. The van der Waals surface area contributed by atoms with Crippen LogP contribution in [0.15, 0.2) is 54.7 Å². The molecule has 1 aliphatic carbocycles. The van der Waals surface area contributed by atoms with Gasteiger partial charge in [-0.15, -0.1) is 5.10 Å². The van der Waals surface area contributed by atoms with Crippen LogP contribution in [0.25, 0.3) is 5.69 Å². The highest BCUT2D eigenvalue weighted by Gasteiger charge is 2.50. The number of hydrogen-bond donors (Lipinski definition) is 2. The first kappa shape index (κ1) is 21.8. The van der Waals surface area contributed by atoms with Gasteiger partial charge in [-0.3, -0.25) is 14.9 Å². The SMILES string of the molecule is N#Cc1ccccc1C[C@@](C=O)(NC(=O)c1cnn(-c2ccc(F)cc2)n1)NC1(C#N)CC1. The Hall–Kier alpha value is -4.41. The van der Waals surface area contributed by atoms with Crippen molar-refractivity contribution in [1.29, 1.82) is 10.5 Å². The quantitative estimate of drug-likeness (QED) is 0.400. The number of nitrogens with zero attached hydrogens (tertiary/aromatic N) is 5. The van der Waals surface area contributed by atoms with Crippen molar-refractivity contribution in [1.82, 2.24) is 25.6 Å². The summed E-state index contributed by atoms with van der Waals surface area (Å²) in [6.07, 6.45) is 2.74. The Balaban J connectivity index is 1.63. The fourth-order valence-corrected chi connectivity index (χ4v) is 3.45. The highest BCUT2D eigenvalue weighted by atomic mass is 19.1. The summed E-state index contributed by atoms with van der Waals surface area (Å²) in [5.74, 6) is -1.12. The predicted octanol–water partition coefficient (Wildman–Crippen LogP) is 1.79. The number of amides is 1. The number of aromatic nitrogens is 3. The van der Waals surface area contributed by atoms with E-state index in [9.17, 15) is 24.5 Å². The Morgan fingerprint density at radius 1 is 1.21 bits per heavy atom. The van der Waals surface area contributed by atoms with E-state index in [1.54, 1.807) is 24.3 Å². The molecule has 1 saturated carbocycles. The van der Waals surface area contributed by atoms with Crippen molar-refractivity contribution in [3.8, 4) is 17.8 Å². The first-order chi connectivity index (χ1) is 15.9. The topological polar surface area (TPSA) is 136 Å². The maximum Gasteiger partial charge on any atom is 0.275 e. The van der Waals surface area contributed by atoms with Gasteiger partial charge in [-0.2, -0.15) is 20.4 Å². The molecule has 0 radical (unpaired) electrons. The highest BCUT2D eigenvalue weighted by Crippen LogP contribution is 2.36. The summed E-state index contributed by atoms with van der Waals surface area (Å²) in [5.41, 5.74) is -1.35. The average Bonchev–Trinajstić information content (AvgIpc) is 3.42. The van der Waals surface area contributed by atoms with Crippen LogP contribution in [0.5, 0.6) is 0 Å². The van der Waals surface area contributed by atoms with E-state index in [4.69, 9.17) is 0 Å². The second-order valence-corrected chi connectivity index (χ2v) is 7.80. The number of aldehydes is 1. The second-order valence-electron chi connectivity index (χ2n) is 7.80. The van der Waals surface area contributed by atoms with Crippen LogP contribution in [0.2, 0.25) is 0 Å². The van der Waals surface area contributed by atoms with Crippen molar-refractivity contribution in [2.75, 3.05) is 0 Å². The lowest BCUT2D eigenvalue weighted by Gasteiger charge is -2.32. The van der Waals surface area contributed by atoms with Crippen LogP contribution in [0, 0.1) is 28.5 Å². The molecule has 1 amide bonds. The van der Waals surface area contributed by atoms with Gasteiger partial charge in [0.2, 0.25) is 0 Å². The highest BCUT2D eigenvalue weighted by molar-refractivity contribution is 5.94. The fraction of sp³-hybridized carbons (Fsp3) is 0.217. The molecule has 1 atom stereocenters. The van der Waals surface area contributed by atoms with Crippen molar-refractivity contribution in [2.45, 2.75) is 30.5 Å². The minimum Gasteiger partial charge on any atom is -0.326 e. The third kappa shape index (κ3) is 4.61. The standard InChI is InChI=1S/C23H18FN7O2/c24-18-5-7-19(8-6-18)31-27-13-20(29-31)21(33)28-23(15-32,30-22(14-26)9-10-22)11-16-3-1-2-4-17(16)12-25/h1-8,13,15,30H,9-11H2,(H,28,33)/t23-/m1/s1. The van der Waals surface area contributed by atoms with Gasteiger partial charge in [0.05, 0.1) is 29.6 Å². The van der Waals surface area contributed by atoms with Crippen LogP contribution in [0.1, 0.15) is 34.5 Å². The predicted molar refractivity (Wildman–Crippen MR) is 113 cm³/mol. The molecule has 1 fully saturated rings. The molecule has 1 heterocycles. The Morgan fingerprint density at radius 2 is 1.94 bits per heavy atom. The first-order valence-corrected chi connectivity index (χ1v) is 10.1. The fourth-order valence-electron chi connectivity index (χ4n) is 3.45. The summed E-state index contributed by atoms with van der Waals surface area (Å²) in [7, 11) is 0. The van der Waals surface area contributed by atoms with Crippen LogP contribution in [-0.2, 0) is 11.2 Å². The zero-order valence-corrected chi connectivity index (χ0v) is 17.3. The molecular formula is C23H18FN7O2. The third-order valence-corrected chi connectivity index (χ3v) is 5.35. The van der Waals surface area contributed by atoms with Gasteiger partial charge in [0.15, 0.2) is 17.6 Å². The summed E-state index contributed by atoms with van der Waals surface area (Å²) in [6, 6.07) is 16.3. The number of carbonyl (C=O) groups is 2. The molecule has 1 aliphatic rings. The average molecular weight is 443 g/mol. The lowest BCUT2D eigenvalue weighted by atomic mass is 9.95. The molecule has 0 saturated heterocycles. The molecule has 164 valence electrons. The van der Waals surface area contributed by atoms with Crippen molar-refractivity contribution >= 4 is 12.2 Å². The van der Waals surface area contributed by atoms with E-state index in [1.165, 1.54) is 30.5 Å². The monoisotopic (exact) mass is 443 g/mol. The van der Waals surface area contributed by atoms with Crippen LogP contribution < -0.4 is 10.6 Å². The Bertz CT molecular complexity index is 1290. The van der Waals surface area contributed by atoms with Crippen LogP contribution >= 0.6 is 0 Å². The molecule has 10 heteroatoms. The van der Waals surface area contributed by atoms with E-state index >= 15 is 0 Å². The summed E-state index contributed by atoms with van der Waals surface area (Å²) in [6.45, 7) is 0. The molecule has 0 unspecified atom stereocenters. The summed E-state index contributed by atoms with van der Waals surface area (Å²) < 4.78 is 13.2. The number of carbonyl (C=O) groups excluding carboxylic acids is 2. The zero-order chi connectivity index (χ0) is 23.5. The van der Waals surface area contributed by atoms with Gasteiger partial charge in [-0.25, -0.2) is 4.39 Å². The van der Waals surface area contributed by atoms with E-state index in [1.807, 2.05) is 0 Å². The van der Waals surface area contributed by atoms with Gasteiger partial charge in [0.1, 0.15) is 11.4 Å². The molecule has 1 aromatic heterocycles. The molecule has 33 heavy (non-hydrogen) atoms. The van der Waals surface area contributed by atoms with Crippen LogP contribution in [0.3, 0.4) is 0 Å². The number of nitrogens with one attached hydrogen (secondary N) is 2. The molecular weight excluding hydrogens is 425 g/mol. The number of benzene rings is 2. The van der Waals surface area contributed by atoms with Gasteiger partial charge >= 0.3 is 0 Å². The van der Waals surface area contributed by atoms with Crippen molar-refractivity contribution < 1.29 is 14.0 Å². The molecule has 0 spiro atoms. The lowest BCUT2D eigenvalue weighted by Crippen LogP contribution is -2.65. The number of rotatable bonds is 8. The van der Waals surface area contributed by atoms with Gasteiger partial charge in [0.25, 0.3) is 5.91 Å². The van der Waals surface area contributed by atoms with E-state index in [0.717, 1.165) is 4.80 Å². The van der Waals surface area contributed by atoms with Crippen molar-refractivity contribution in [3.05, 3.63) is 77.4 Å². The Morgan fingerprint density at radius 3 is 2.58 bits per heavy atom. The Kier molecular flexibility index (Phi) is 5.69. The molecule has 3 aromatic rings.